The van der Waals surface area contributed by atoms with Gasteiger partial charge in [0.2, 0.25) is 0 Å². The molecular weight excluding hydrogens is 504 g/mol. The number of allylic oxidation sites excluding steroid dienone is 4. The lowest BCUT2D eigenvalue weighted by molar-refractivity contribution is 0.328. The zero-order valence-electron chi connectivity index (χ0n) is 24.8. The molecule has 0 atom stereocenters. The highest BCUT2D eigenvalue weighted by molar-refractivity contribution is 5.73. The monoisotopic (exact) mass is 542 g/mol. The molecule has 4 aromatic rings. The van der Waals surface area contributed by atoms with E-state index >= 15 is 0 Å². The molecule has 0 nitrogen and oxygen atoms in total. The maximum absolute atomic E-state index is 2.55. The topological polar surface area (TPSA) is 0 Å². The fraction of sp³-hybridized carbons (Fsp3) is 0.238. The third-order valence-electron chi connectivity index (χ3n) is 11.0. The van der Waals surface area contributed by atoms with Gasteiger partial charge in [-0.05, 0) is 83.0 Å². The minimum absolute atomic E-state index is 0.00265. The van der Waals surface area contributed by atoms with Crippen LogP contribution in [0.2, 0.25) is 0 Å². The van der Waals surface area contributed by atoms with E-state index in [2.05, 4.69) is 135 Å². The van der Waals surface area contributed by atoms with Gasteiger partial charge in [0.1, 0.15) is 0 Å². The van der Waals surface area contributed by atoms with Gasteiger partial charge in [0.25, 0.3) is 0 Å². The standard InChI is InChI=1S/C42H38/c1-41(37-21-29-11-3-4-12-30(29)22-37,38-23-31-13-5-6-14-32(31)24-38)19-20-42(2,39-25-33-15-7-8-16-34(33)26-39)40-27-35-17-9-10-18-36(35)28-40/h3-18,21,23,25,27H,19-20,22,24,26,28H2,1-2H3. The molecule has 8 rings (SSSR count). The first kappa shape index (κ1) is 25.5. The van der Waals surface area contributed by atoms with Gasteiger partial charge in [0, 0.05) is 10.8 Å². The fourth-order valence-corrected chi connectivity index (χ4v) is 8.09. The summed E-state index contributed by atoms with van der Waals surface area (Å²) in [5, 5.41) is 0. The summed E-state index contributed by atoms with van der Waals surface area (Å²) in [7, 11) is 0. The Bertz CT molecular complexity index is 1590. The van der Waals surface area contributed by atoms with E-state index in [0.29, 0.717) is 0 Å². The molecule has 0 saturated carbocycles. The van der Waals surface area contributed by atoms with Gasteiger partial charge in [0.15, 0.2) is 0 Å². The number of hydrogen-bond donors (Lipinski definition) is 0. The first-order valence-corrected chi connectivity index (χ1v) is 15.7. The minimum atomic E-state index is -0.00265. The molecule has 4 aromatic carbocycles. The maximum atomic E-state index is 2.55. The summed E-state index contributed by atoms with van der Waals surface area (Å²) in [5.74, 6) is 0. The van der Waals surface area contributed by atoms with Crippen LogP contribution in [0.4, 0.5) is 0 Å². The Balaban J connectivity index is 1.19. The SMILES string of the molecule is CC(CCC(C)(C1=Cc2ccccc2C1)C1=Cc2ccccc2C1)(C1=Cc2ccccc2C1)C1=Cc2ccccc2C1. The molecule has 0 radical (unpaired) electrons. The second-order valence-electron chi connectivity index (χ2n) is 13.3. The van der Waals surface area contributed by atoms with Gasteiger partial charge in [-0.15, -0.1) is 0 Å². The van der Waals surface area contributed by atoms with Crippen molar-refractivity contribution in [3.63, 3.8) is 0 Å². The summed E-state index contributed by atoms with van der Waals surface area (Å²) in [6, 6.07) is 36.0. The van der Waals surface area contributed by atoms with Crippen LogP contribution in [0.5, 0.6) is 0 Å². The number of fused-ring (bicyclic) bond motifs is 4. The third kappa shape index (κ3) is 4.11. The van der Waals surface area contributed by atoms with Crippen LogP contribution in [-0.2, 0) is 25.7 Å². The van der Waals surface area contributed by atoms with Crippen LogP contribution in [-0.4, -0.2) is 0 Å². The molecule has 206 valence electrons. The van der Waals surface area contributed by atoms with E-state index in [1.54, 1.807) is 22.3 Å². The van der Waals surface area contributed by atoms with Crippen LogP contribution in [0.1, 0.15) is 71.2 Å². The zero-order valence-corrected chi connectivity index (χ0v) is 24.8. The minimum Gasteiger partial charge on any atom is -0.0619 e. The quantitative estimate of drug-likeness (QED) is 0.218. The lowest BCUT2D eigenvalue weighted by Gasteiger charge is -2.40. The highest BCUT2D eigenvalue weighted by atomic mass is 14.5. The van der Waals surface area contributed by atoms with Crippen LogP contribution in [0.25, 0.3) is 24.3 Å². The van der Waals surface area contributed by atoms with Gasteiger partial charge in [-0.1, -0.05) is 158 Å². The molecule has 0 fully saturated rings. The van der Waals surface area contributed by atoms with E-state index in [-0.39, 0.29) is 10.8 Å². The summed E-state index contributed by atoms with van der Waals surface area (Å²) < 4.78 is 0. The van der Waals surface area contributed by atoms with Crippen molar-refractivity contribution in [1.82, 2.24) is 0 Å². The third-order valence-corrected chi connectivity index (χ3v) is 11.0. The molecule has 4 aliphatic rings. The number of hydrogen-bond acceptors (Lipinski definition) is 0. The van der Waals surface area contributed by atoms with Crippen LogP contribution < -0.4 is 0 Å². The highest BCUT2D eigenvalue weighted by Crippen LogP contribution is 2.55. The molecule has 0 spiro atoms. The second-order valence-corrected chi connectivity index (χ2v) is 13.3. The summed E-state index contributed by atoms with van der Waals surface area (Å²) in [5.41, 5.74) is 17.8. The van der Waals surface area contributed by atoms with Crippen molar-refractivity contribution < 1.29 is 0 Å². The van der Waals surface area contributed by atoms with Crippen LogP contribution in [0.3, 0.4) is 0 Å². The van der Waals surface area contributed by atoms with E-state index in [0.717, 1.165) is 38.5 Å². The Morgan fingerprint density at radius 2 is 0.619 bits per heavy atom. The summed E-state index contributed by atoms with van der Waals surface area (Å²) in [6.07, 6.45) is 16.6. The first-order chi connectivity index (χ1) is 20.5. The predicted octanol–water partition coefficient (Wildman–Crippen LogP) is 10.3. The van der Waals surface area contributed by atoms with Crippen molar-refractivity contribution in [2.75, 3.05) is 0 Å². The molecule has 0 saturated heterocycles. The average Bonchev–Trinajstić information content (AvgIpc) is 3.82. The van der Waals surface area contributed by atoms with Crippen molar-refractivity contribution in [2.24, 2.45) is 10.8 Å². The van der Waals surface area contributed by atoms with E-state index in [9.17, 15) is 0 Å². The Kier molecular flexibility index (Phi) is 5.90. The van der Waals surface area contributed by atoms with Gasteiger partial charge in [0.05, 0.1) is 0 Å². The lowest BCUT2D eigenvalue weighted by atomic mass is 9.64. The van der Waals surface area contributed by atoms with Crippen LogP contribution in [0, 0.1) is 10.8 Å². The molecule has 42 heavy (non-hydrogen) atoms. The van der Waals surface area contributed by atoms with E-state index < -0.39 is 0 Å². The van der Waals surface area contributed by atoms with Crippen molar-refractivity contribution in [3.8, 4) is 0 Å². The largest absolute Gasteiger partial charge is 0.0619 e. The van der Waals surface area contributed by atoms with Gasteiger partial charge in [-0.25, -0.2) is 0 Å². The molecule has 0 aliphatic heterocycles. The Morgan fingerprint density at radius 1 is 0.381 bits per heavy atom. The Hall–Kier alpha value is -4.16. The second kappa shape index (κ2) is 9.70. The Morgan fingerprint density at radius 3 is 0.857 bits per heavy atom. The Labute approximate surface area is 250 Å². The number of benzene rings is 4. The van der Waals surface area contributed by atoms with Gasteiger partial charge in [-0.2, -0.15) is 0 Å². The van der Waals surface area contributed by atoms with Crippen LogP contribution in [0.15, 0.2) is 119 Å². The molecule has 0 unspecified atom stereocenters. The van der Waals surface area contributed by atoms with E-state index in [1.165, 1.54) is 44.5 Å². The highest BCUT2D eigenvalue weighted by Gasteiger charge is 2.42. The summed E-state index contributed by atoms with van der Waals surface area (Å²) in [6.45, 7) is 5.11. The average molecular weight is 543 g/mol. The van der Waals surface area contributed by atoms with Crippen molar-refractivity contribution in [2.45, 2.75) is 52.4 Å². The number of rotatable bonds is 7. The smallest absolute Gasteiger partial charge is 0.0106 e. The first-order valence-electron chi connectivity index (χ1n) is 15.7. The molecule has 0 heterocycles. The van der Waals surface area contributed by atoms with Crippen molar-refractivity contribution >= 4 is 24.3 Å². The van der Waals surface area contributed by atoms with Gasteiger partial charge >= 0.3 is 0 Å². The van der Waals surface area contributed by atoms with Crippen molar-refractivity contribution in [3.05, 3.63) is 164 Å². The normalized spacial score (nSPS) is 16.7. The fourth-order valence-electron chi connectivity index (χ4n) is 8.09. The maximum Gasteiger partial charge on any atom is 0.0106 e. The molecule has 0 N–H and O–H groups in total. The molecule has 4 aliphatic carbocycles. The van der Waals surface area contributed by atoms with Crippen LogP contribution >= 0.6 is 0 Å². The summed E-state index contributed by atoms with van der Waals surface area (Å²) >= 11 is 0. The van der Waals surface area contributed by atoms with Crippen molar-refractivity contribution in [1.29, 1.82) is 0 Å². The summed E-state index contributed by atoms with van der Waals surface area (Å²) in [4.78, 5) is 0. The van der Waals surface area contributed by atoms with E-state index in [1.807, 2.05) is 0 Å². The van der Waals surface area contributed by atoms with Gasteiger partial charge in [-0.3, -0.25) is 0 Å². The predicted molar refractivity (Wildman–Crippen MR) is 178 cm³/mol. The molecule has 0 bridgehead atoms. The lowest BCUT2D eigenvalue weighted by Crippen LogP contribution is -2.29. The molecule has 0 heteroatoms. The molecular formula is C42H38. The zero-order chi connectivity index (χ0) is 28.3. The molecule has 0 amide bonds. The van der Waals surface area contributed by atoms with E-state index in [4.69, 9.17) is 0 Å². The van der Waals surface area contributed by atoms with Gasteiger partial charge < -0.3 is 0 Å². The molecule has 0 aromatic heterocycles.